The fourth-order valence-corrected chi connectivity index (χ4v) is 2.29. The number of carbonyl (C=O) groups excluding carboxylic acids is 1. The lowest BCUT2D eigenvalue weighted by atomic mass is 10.2. The third-order valence-corrected chi connectivity index (χ3v) is 4.54. The summed E-state index contributed by atoms with van der Waals surface area (Å²) >= 11 is 0. The van der Waals surface area contributed by atoms with Gasteiger partial charge in [0.05, 0.1) is 11.5 Å². The summed E-state index contributed by atoms with van der Waals surface area (Å²) in [6, 6.07) is 5.28. The Hall–Kier alpha value is -1.89. The highest BCUT2D eigenvalue weighted by Crippen LogP contribution is 2.22. The summed E-state index contributed by atoms with van der Waals surface area (Å²) in [5.74, 6) is -0.00972. The summed E-state index contributed by atoms with van der Waals surface area (Å²) in [5.41, 5.74) is 0.518. The quantitative estimate of drug-likeness (QED) is 0.334. The van der Waals surface area contributed by atoms with Gasteiger partial charge in [0.25, 0.3) is 5.69 Å². The molecule has 0 aliphatic rings. The van der Waals surface area contributed by atoms with Gasteiger partial charge >= 0.3 is 5.97 Å². The summed E-state index contributed by atoms with van der Waals surface area (Å²) in [6.45, 7) is 8.46. The Kier molecular flexibility index (Phi) is 5.89. The van der Waals surface area contributed by atoms with Gasteiger partial charge in [-0.3, -0.25) is 10.1 Å². The molecule has 1 aromatic carbocycles. The summed E-state index contributed by atoms with van der Waals surface area (Å²) in [7, 11) is -1.22. The van der Waals surface area contributed by atoms with Crippen LogP contribution in [0.25, 0.3) is 0 Å². The number of nitro benzene ring substituents is 1. The van der Waals surface area contributed by atoms with Crippen molar-refractivity contribution in [2.24, 2.45) is 0 Å². The first-order chi connectivity index (χ1) is 9.69. The van der Waals surface area contributed by atoms with Crippen molar-refractivity contribution in [2.75, 3.05) is 13.2 Å². The highest BCUT2D eigenvalue weighted by Gasteiger charge is 2.15. The Morgan fingerprint density at radius 1 is 1.33 bits per heavy atom. The molecule has 0 aliphatic heterocycles. The number of rotatable bonds is 7. The minimum atomic E-state index is -1.22. The van der Waals surface area contributed by atoms with Gasteiger partial charge in [-0.25, -0.2) is 4.79 Å². The maximum absolute atomic E-state index is 11.5. The fourth-order valence-electron chi connectivity index (χ4n) is 1.58. The summed E-state index contributed by atoms with van der Waals surface area (Å²) in [4.78, 5) is 21.8. The molecule has 0 radical (unpaired) electrons. The molecular weight excluding hydrogens is 290 g/mol. The number of ether oxygens (including phenoxy) is 2. The molecule has 21 heavy (non-hydrogen) atoms. The molecule has 0 aromatic heterocycles. The molecule has 1 rings (SSSR count). The van der Waals surface area contributed by atoms with Crippen LogP contribution in [0.5, 0.6) is 5.75 Å². The lowest BCUT2D eigenvalue weighted by molar-refractivity contribution is -0.385. The second-order valence-electron chi connectivity index (χ2n) is 6.03. The van der Waals surface area contributed by atoms with Crippen molar-refractivity contribution in [1.82, 2.24) is 0 Å². The maximum atomic E-state index is 11.5. The van der Waals surface area contributed by atoms with Crippen molar-refractivity contribution < 1.29 is 19.2 Å². The van der Waals surface area contributed by atoms with Crippen LogP contribution < -0.4 is 4.74 Å². The van der Waals surface area contributed by atoms with Gasteiger partial charge in [-0.05, 0) is 25.1 Å². The van der Waals surface area contributed by atoms with E-state index in [0.29, 0.717) is 17.9 Å². The molecule has 6 nitrogen and oxygen atoms in total. The topological polar surface area (TPSA) is 78.7 Å². The molecule has 0 saturated carbocycles. The zero-order valence-corrected chi connectivity index (χ0v) is 13.8. The number of benzene rings is 1. The van der Waals surface area contributed by atoms with E-state index in [4.69, 9.17) is 9.47 Å². The minimum absolute atomic E-state index is 0.0278. The molecule has 0 unspecified atom stereocenters. The zero-order chi connectivity index (χ0) is 16.0. The van der Waals surface area contributed by atoms with E-state index in [1.807, 2.05) is 0 Å². The maximum Gasteiger partial charge on any atom is 0.344 e. The van der Waals surface area contributed by atoms with Gasteiger partial charge in [-0.1, -0.05) is 19.6 Å². The number of nitro groups is 1. The Morgan fingerprint density at radius 3 is 2.52 bits per heavy atom. The monoisotopic (exact) mass is 311 g/mol. The van der Waals surface area contributed by atoms with E-state index >= 15 is 0 Å². The Bertz CT molecular complexity index is 525. The molecule has 0 heterocycles. The zero-order valence-electron chi connectivity index (χ0n) is 12.8. The molecule has 0 atom stereocenters. The molecule has 7 heteroatoms. The molecule has 0 aliphatic carbocycles. The number of nitrogens with zero attached hydrogens (tertiary/aromatic N) is 1. The lowest BCUT2D eigenvalue weighted by Gasteiger charge is -2.15. The summed E-state index contributed by atoms with van der Waals surface area (Å²) in [6.07, 6.45) is 0. The second kappa shape index (κ2) is 7.21. The van der Waals surface area contributed by atoms with Crippen molar-refractivity contribution in [3.63, 3.8) is 0 Å². The number of aryl methyl sites for hydroxylation is 1. The van der Waals surface area contributed by atoms with Crippen molar-refractivity contribution in [1.29, 1.82) is 0 Å². The molecule has 0 fully saturated rings. The third kappa shape index (κ3) is 6.39. The number of hydrogen-bond acceptors (Lipinski definition) is 5. The Balaban J connectivity index is 2.43. The average Bonchev–Trinajstić information content (AvgIpc) is 2.34. The molecule has 1 aromatic rings. The SMILES string of the molecule is Cc1cc(OCC(=O)OCC[Si](C)(C)C)ccc1[N+](=O)[O-]. The molecular formula is C14H21NO5Si. The van der Waals surface area contributed by atoms with Crippen LogP contribution in [-0.2, 0) is 9.53 Å². The molecule has 116 valence electrons. The fraction of sp³-hybridized carbons (Fsp3) is 0.500. The van der Waals surface area contributed by atoms with E-state index in [1.165, 1.54) is 18.2 Å². The molecule has 0 bridgehead atoms. The molecule has 0 saturated heterocycles. The summed E-state index contributed by atoms with van der Waals surface area (Å²) in [5, 5.41) is 10.7. The molecule has 0 N–H and O–H groups in total. The smallest absolute Gasteiger partial charge is 0.344 e. The van der Waals surface area contributed by atoms with Crippen LogP contribution >= 0.6 is 0 Å². The van der Waals surface area contributed by atoms with Crippen LogP contribution in [0.3, 0.4) is 0 Å². The van der Waals surface area contributed by atoms with Gasteiger partial charge < -0.3 is 9.47 Å². The van der Waals surface area contributed by atoms with E-state index in [9.17, 15) is 14.9 Å². The van der Waals surface area contributed by atoms with Crippen molar-refractivity contribution in [2.45, 2.75) is 32.6 Å². The normalized spacial score (nSPS) is 11.0. The molecule has 0 amide bonds. The first-order valence-electron chi connectivity index (χ1n) is 6.72. The van der Waals surface area contributed by atoms with Crippen molar-refractivity contribution in [3.05, 3.63) is 33.9 Å². The minimum Gasteiger partial charge on any atom is -0.482 e. The largest absolute Gasteiger partial charge is 0.482 e. The van der Waals surface area contributed by atoms with E-state index in [-0.39, 0.29) is 12.3 Å². The predicted molar refractivity (Wildman–Crippen MR) is 82.4 cm³/mol. The predicted octanol–water partition coefficient (Wildman–Crippen LogP) is 3.16. The highest BCUT2D eigenvalue weighted by atomic mass is 28.3. The van der Waals surface area contributed by atoms with Gasteiger partial charge in [-0.2, -0.15) is 0 Å². The van der Waals surface area contributed by atoms with Gasteiger partial charge in [-0.15, -0.1) is 0 Å². The van der Waals surface area contributed by atoms with Crippen LogP contribution in [0, 0.1) is 17.0 Å². The number of esters is 1. The van der Waals surface area contributed by atoms with Crippen LogP contribution in [0.1, 0.15) is 5.56 Å². The first-order valence-corrected chi connectivity index (χ1v) is 10.4. The summed E-state index contributed by atoms with van der Waals surface area (Å²) < 4.78 is 10.4. The van der Waals surface area contributed by atoms with Gasteiger partial charge in [0.2, 0.25) is 0 Å². The third-order valence-electron chi connectivity index (χ3n) is 2.84. The van der Waals surface area contributed by atoms with Crippen molar-refractivity contribution >= 4 is 19.7 Å². The highest BCUT2D eigenvalue weighted by molar-refractivity contribution is 6.76. The second-order valence-corrected chi connectivity index (χ2v) is 11.6. The van der Waals surface area contributed by atoms with Crippen LogP contribution in [0.2, 0.25) is 25.7 Å². The van der Waals surface area contributed by atoms with Gasteiger partial charge in [0.15, 0.2) is 6.61 Å². The van der Waals surface area contributed by atoms with Gasteiger partial charge in [0, 0.05) is 19.7 Å². The first kappa shape index (κ1) is 17.2. The van der Waals surface area contributed by atoms with E-state index in [2.05, 4.69) is 19.6 Å². The number of hydrogen-bond donors (Lipinski definition) is 0. The molecule has 0 spiro atoms. The van der Waals surface area contributed by atoms with Crippen LogP contribution in [0.4, 0.5) is 5.69 Å². The van der Waals surface area contributed by atoms with Crippen molar-refractivity contribution in [3.8, 4) is 5.75 Å². The Labute approximate surface area is 125 Å². The van der Waals surface area contributed by atoms with E-state index in [1.54, 1.807) is 6.92 Å². The standard InChI is InChI=1S/C14H21NO5Si/c1-11-9-12(5-6-13(11)15(17)18)20-10-14(16)19-7-8-21(2,3)4/h5-6,9H,7-8,10H2,1-4H3. The number of carbonyl (C=O) groups is 1. The van der Waals surface area contributed by atoms with Crippen LogP contribution in [0.15, 0.2) is 18.2 Å². The average molecular weight is 311 g/mol. The van der Waals surface area contributed by atoms with E-state index in [0.717, 1.165) is 6.04 Å². The van der Waals surface area contributed by atoms with E-state index < -0.39 is 19.0 Å². The van der Waals surface area contributed by atoms with Crippen LogP contribution in [-0.4, -0.2) is 32.2 Å². The lowest BCUT2D eigenvalue weighted by Crippen LogP contribution is -2.24. The Morgan fingerprint density at radius 2 is 2.00 bits per heavy atom. The van der Waals surface area contributed by atoms with Gasteiger partial charge in [0.1, 0.15) is 5.75 Å².